The van der Waals surface area contributed by atoms with Crippen LogP contribution in [0.2, 0.25) is 0 Å². The van der Waals surface area contributed by atoms with Crippen LogP contribution in [0.5, 0.6) is 0 Å². The van der Waals surface area contributed by atoms with Crippen molar-refractivity contribution in [1.82, 2.24) is 4.98 Å². The molecule has 0 fully saturated rings. The summed E-state index contributed by atoms with van der Waals surface area (Å²) in [6, 6.07) is 10.1. The smallest absolute Gasteiger partial charge is 0.161 e. The van der Waals surface area contributed by atoms with Gasteiger partial charge in [-0.2, -0.15) is 0 Å². The van der Waals surface area contributed by atoms with E-state index in [1.165, 1.54) is 5.56 Å². The van der Waals surface area contributed by atoms with Crippen LogP contribution >= 0.6 is 38.6 Å². The zero-order valence-electron chi connectivity index (χ0n) is 13.8. The summed E-state index contributed by atoms with van der Waals surface area (Å²) in [5, 5.41) is 9.47. The molecule has 2 heterocycles. The first kappa shape index (κ1) is 18.6. The SMILES string of the molecule is CCOCCOCCc1ccc(N=Nc2cc3sc(Br)nc3s2)cc1. The van der Waals surface area contributed by atoms with E-state index >= 15 is 0 Å². The summed E-state index contributed by atoms with van der Waals surface area (Å²) in [6.07, 6.45) is 0.880. The lowest BCUT2D eigenvalue weighted by Gasteiger charge is -2.04. The summed E-state index contributed by atoms with van der Waals surface area (Å²) >= 11 is 6.54. The second-order valence-corrected chi connectivity index (χ2v) is 8.46. The van der Waals surface area contributed by atoms with Crippen molar-refractivity contribution in [3.63, 3.8) is 0 Å². The molecule has 0 atom stereocenters. The van der Waals surface area contributed by atoms with Crippen LogP contribution < -0.4 is 0 Å². The van der Waals surface area contributed by atoms with E-state index in [2.05, 4.69) is 43.3 Å². The predicted molar refractivity (Wildman–Crippen MR) is 107 cm³/mol. The molecule has 0 radical (unpaired) electrons. The Labute approximate surface area is 162 Å². The Hall–Kier alpha value is -1.19. The average Bonchev–Trinajstić information content (AvgIpc) is 3.14. The third-order valence-electron chi connectivity index (χ3n) is 3.36. The van der Waals surface area contributed by atoms with Crippen LogP contribution in [-0.2, 0) is 15.9 Å². The molecule has 0 aliphatic rings. The van der Waals surface area contributed by atoms with Crippen LogP contribution in [0.3, 0.4) is 0 Å². The quantitative estimate of drug-likeness (QED) is 0.297. The Kier molecular flexibility index (Phi) is 7.06. The lowest BCUT2D eigenvalue weighted by molar-refractivity contribution is 0.0541. The molecule has 8 heteroatoms. The maximum Gasteiger partial charge on any atom is 0.161 e. The minimum absolute atomic E-state index is 0.643. The maximum absolute atomic E-state index is 5.53. The highest BCUT2D eigenvalue weighted by atomic mass is 79.9. The summed E-state index contributed by atoms with van der Waals surface area (Å²) in [4.78, 5) is 5.38. The first-order valence-corrected chi connectivity index (χ1v) is 10.4. The van der Waals surface area contributed by atoms with E-state index in [1.54, 1.807) is 22.7 Å². The molecule has 132 valence electrons. The topological polar surface area (TPSA) is 56.1 Å². The lowest BCUT2D eigenvalue weighted by Crippen LogP contribution is -2.06. The lowest BCUT2D eigenvalue weighted by atomic mass is 10.1. The minimum atomic E-state index is 0.643. The third-order valence-corrected chi connectivity index (χ3v) is 5.86. The van der Waals surface area contributed by atoms with Crippen molar-refractivity contribution in [3.05, 3.63) is 39.8 Å². The normalized spacial score (nSPS) is 11.8. The van der Waals surface area contributed by atoms with Gasteiger partial charge in [0.05, 0.1) is 30.2 Å². The molecule has 0 N–H and O–H groups in total. The number of nitrogens with zero attached hydrogens (tertiary/aromatic N) is 3. The molecule has 1 aromatic carbocycles. The molecular weight excluding hydrogens is 422 g/mol. The number of benzene rings is 1. The van der Waals surface area contributed by atoms with E-state index in [0.717, 1.165) is 37.2 Å². The van der Waals surface area contributed by atoms with Gasteiger partial charge in [-0.15, -0.1) is 21.6 Å². The van der Waals surface area contributed by atoms with Crippen molar-refractivity contribution < 1.29 is 9.47 Å². The largest absolute Gasteiger partial charge is 0.379 e. The zero-order chi connectivity index (χ0) is 17.5. The van der Waals surface area contributed by atoms with Gasteiger partial charge in [0.25, 0.3) is 0 Å². The van der Waals surface area contributed by atoms with Gasteiger partial charge in [0, 0.05) is 6.61 Å². The van der Waals surface area contributed by atoms with Crippen LogP contribution in [0.4, 0.5) is 10.7 Å². The zero-order valence-corrected chi connectivity index (χ0v) is 17.0. The Morgan fingerprint density at radius 2 is 1.84 bits per heavy atom. The molecule has 25 heavy (non-hydrogen) atoms. The molecule has 0 saturated heterocycles. The van der Waals surface area contributed by atoms with Crippen molar-refractivity contribution in [2.45, 2.75) is 13.3 Å². The Morgan fingerprint density at radius 3 is 2.60 bits per heavy atom. The highest BCUT2D eigenvalue weighted by Crippen LogP contribution is 2.37. The fraction of sp³-hybridized carbons (Fsp3) is 0.353. The molecule has 0 aliphatic heterocycles. The van der Waals surface area contributed by atoms with Gasteiger partial charge < -0.3 is 9.47 Å². The Morgan fingerprint density at radius 1 is 1.04 bits per heavy atom. The predicted octanol–water partition coefficient (Wildman–Crippen LogP) is 6.13. The third kappa shape index (κ3) is 5.65. The standard InChI is InChI=1S/C17H18BrN3O2S2/c1-2-22-9-10-23-8-7-12-3-5-13(6-4-12)20-21-15-11-14-16(25-15)19-17(18)24-14/h3-6,11H,2,7-10H2,1H3. The summed E-state index contributed by atoms with van der Waals surface area (Å²) < 4.78 is 12.8. The molecule has 0 spiro atoms. The molecule has 2 aromatic heterocycles. The molecule has 0 unspecified atom stereocenters. The number of azo groups is 1. The number of ether oxygens (including phenoxy) is 2. The average molecular weight is 440 g/mol. The van der Waals surface area contributed by atoms with E-state index in [4.69, 9.17) is 9.47 Å². The van der Waals surface area contributed by atoms with Gasteiger partial charge in [-0.05, 0) is 53.0 Å². The Balaban J connectivity index is 1.49. The summed E-state index contributed by atoms with van der Waals surface area (Å²) in [5.74, 6) is 0. The van der Waals surface area contributed by atoms with Crippen LogP contribution in [0, 0.1) is 0 Å². The van der Waals surface area contributed by atoms with Crippen molar-refractivity contribution in [3.8, 4) is 0 Å². The van der Waals surface area contributed by atoms with Gasteiger partial charge >= 0.3 is 0 Å². The van der Waals surface area contributed by atoms with E-state index in [9.17, 15) is 0 Å². The fourth-order valence-electron chi connectivity index (χ4n) is 2.14. The van der Waals surface area contributed by atoms with Crippen LogP contribution in [-0.4, -0.2) is 31.4 Å². The maximum atomic E-state index is 5.53. The number of thiophene rings is 1. The van der Waals surface area contributed by atoms with Gasteiger partial charge in [0.1, 0.15) is 9.83 Å². The van der Waals surface area contributed by atoms with Crippen LogP contribution in [0.1, 0.15) is 12.5 Å². The number of fused-ring (bicyclic) bond motifs is 1. The van der Waals surface area contributed by atoms with Crippen molar-refractivity contribution >= 4 is 58.8 Å². The summed E-state index contributed by atoms with van der Waals surface area (Å²) in [7, 11) is 0. The monoisotopic (exact) mass is 439 g/mol. The highest BCUT2D eigenvalue weighted by Gasteiger charge is 2.06. The molecule has 0 saturated carbocycles. The summed E-state index contributed by atoms with van der Waals surface area (Å²) in [5.41, 5.74) is 2.06. The summed E-state index contributed by atoms with van der Waals surface area (Å²) in [6.45, 7) is 4.71. The molecule has 5 nitrogen and oxygen atoms in total. The van der Waals surface area contributed by atoms with Gasteiger partial charge in [-0.3, -0.25) is 0 Å². The van der Waals surface area contributed by atoms with Crippen molar-refractivity contribution in [2.24, 2.45) is 10.2 Å². The van der Waals surface area contributed by atoms with Gasteiger partial charge in [-0.25, -0.2) is 4.98 Å². The molecule has 0 aliphatic carbocycles. The first-order valence-electron chi connectivity index (χ1n) is 7.96. The number of halogens is 1. The number of thiazole rings is 1. The molecular formula is C17H18BrN3O2S2. The van der Waals surface area contributed by atoms with E-state index in [0.29, 0.717) is 19.8 Å². The van der Waals surface area contributed by atoms with Gasteiger partial charge in [0.2, 0.25) is 0 Å². The molecule has 3 rings (SSSR count). The number of rotatable bonds is 9. The number of aromatic nitrogens is 1. The van der Waals surface area contributed by atoms with E-state index in [1.807, 2.05) is 25.1 Å². The fourth-order valence-corrected chi connectivity index (χ4v) is 4.71. The van der Waals surface area contributed by atoms with Crippen molar-refractivity contribution in [2.75, 3.05) is 26.4 Å². The minimum Gasteiger partial charge on any atom is -0.379 e. The van der Waals surface area contributed by atoms with Crippen molar-refractivity contribution in [1.29, 1.82) is 0 Å². The van der Waals surface area contributed by atoms with Gasteiger partial charge in [-0.1, -0.05) is 23.5 Å². The molecule has 0 bridgehead atoms. The van der Waals surface area contributed by atoms with Gasteiger partial charge in [0.15, 0.2) is 3.92 Å². The molecule has 0 amide bonds. The molecule has 3 aromatic rings. The number of hydrogen-bond donors (Lipinski definition) is 0. The second kappa shape index (κ2) is 9.49. The highest BCUT2D eigenvalue weighted by molar-refractivity contribution is 9.11. The van der Waals surface area contributed by atoms with Crippen LogP contribution in [0.25, 0.3) is 9.53 Å². The van der Waals surface area contributed by atoms with E-state index < -0.39 is 0 Å². The van der Waals surface area contributed by atoms with E-state index in [-0.39, 0.29) is 0 Å². The first-order chi connectivity index (χ1) is 12.2. The van der Waals surface area contributed by atoms with Crippen LogP contribution in [0.15, 0.2) is 44.5 Å². The Bertz CT molecular complexity index is 799. The number of hydrogen-bond acceptors (Lipinski definition) is 7. The second-order valence-electron chi connectivity index (χ2n) is 5.15.